The molecule has 0 saturated carbocycles. The number of rotatable bonds is 2. The molecule has 1 aliphatic heterocycles. The first-order valence-electron chi connectivity index (χ1n) is 5.50. The zero-order valence-electron chi connectivity index (χ0n) is 9.45. The largest absolute Gasteiger partial charge is 0.469 e. The van der Waals surface area contributed by atoms with Crippen LogP contribution in [0.4, 0.5) is 0 Å². The lowest BCUT2D eigenvalue weighted by Gasteiger charge is -2.17. The lowest BCUT2D eigenvalue weighted by Crippen LogP contribution is -2.82. The molecule has 3 nitrogen and oxygen atoms in total. The predicted octanol–water partition coefficient (Wildman–Crippen LogP) is 1.79. The number of hydrogen-bond donors (Lipinski definition) is 1. The minimum Gasteiger partial charge on any atom is -0.469 e. The topological polar surface area (TPSA) is 42.9 Å². The van der Waals surface area contributed by atoms with Crippen LogP contribution in [0.1, 0.15) is 18.0 Å². The molecule has 1 heterocycles. The number of benzene rings is 1. The van der Waals surface area contributed by atoms with Crippen LogP contribution < -0.4 is 5.32 Å². The predicted molar refractivity (Wildman–Crippen MR) is 66.1 cm³/mol. The van der Waals surface area contributed by atoms with E-state index in [1.165, 1.54) is 7.11 Å². The maximum atomic E-state index is 11.7. The van der Waals surface area contributed by atoms with E-state index in [4.69, 9.17) is 27.9 Å². The number of methoxy groups -OCH3 is 1. The Morgan fingerprint density at radius 3 is 2.65 bits per heavy atom. The molecule has 0 unspecified atom stereocenters. The zero-order chi connectivity index (χ0) is 12.4. The molecule has 17 heavy (non-hydrogen) atoms. The van der Waals surface area contributed by atoms with Crippen molar-refractivity contribution in [1.29, 1.82) is 0 Å². The van der Waals surface area contributed by atoms with E-state index in [2.05, 4.69) is 5.32 Å². The smallest absolute Gasteiger partial charge is 0.315 e. The van der Waals surface area contributed by atoms with Gasteiger partial charge in [0.15, 0.2) is 0 Å². The third-order valence-corrected chi connectivity index (χ3v) is 3.83. The van der Waals surface area contributed by atoms with Crippen LogP contribution in [0.15, 0.2) is 18.2 Å². The Hall–Kier alpha value is -0.770. The first kappa shape index (κ1) is 12.7. The fraction of sp³-hybridized carbons (Fsp3) is 0.417. The molecule has 5 heteroatoms. The molecule has 1 saturated heterocycles. The quantitative estimate of drug-likeness (QED) is 0.836. The maximum Gasteiger partial charge on any atom is 0.315 e. The summed E-state index contributed by atoms with van der Waals surface area (Å²) in [6, 6.07) is 5.35. The number of hydrogen-bond acceptors (Lipinski definition) is 2. The van der Waals surface area contributed by atoms with Gasteiger partial charge in [-0.25, -0.2) is 0 Å². The van der Waals surface area contributed by atoms with Crippen LogP contribution in [0.25, 0.3) is 0 Å². The number of halogens is 2. The number of ether oxygens (including phenoxy) is 1. The van der Waals surface area contributed by atoms with Gasteiger partial charge < -0.3 is 10.1 Å². The van der Waals surface area contributed by atoms with Gasteiger partial charge in [-0.1, -0.05) is 29.3 Å². The van der Waals surface area contributed by atoms with Gasteiger partial charge in [-0.15, -0.1) is 0 Å². The lowest BCUT2D eigenvalue weighted by atomic mass is 9.94. The molecule has 0 aliphatic carbocycles. The summed E-state index contributed by atoms with van der Waals surface area (Å²) in [4.78, 5) is 11.7. The van der Waals surface area contributed by atoms with E-state index < -0.39 is 0 Å². The standard InChI is InChI=1S/C12H13Cl2NO2/c1-17-12(16)7-5-6-15-11(7)10-8(13)3-2-4-9(10)14/h2-4,7,11,15H,5-6H2,1H3/p+1/t7-,11+/m0/s1. The number of nitrogens with two attached hydrogens (primary N) is 1. The average molecular weight is 275 g/mol. The molecule has 2 atom stereocenters. The molecule has 0 amide bonds. The molecule has 1 aromatic rings. The summed E-state index contributed by atoms with van der Waals surface area (Å²) in [7, 11) is 1.41. The Labute approximate surface area is 110 Å². The van der Waals surface area contributed by atoms with Crippen LogP contribution in [-0.2, 0) is 9.53 Å². The van der Waals surface area contributed by atoms with Gasteiger partial charge in [0, 0.05) is 12.0 Å². The first-order valence-corrected chi connectivity index (χ1v) is 6.25. The second-order valence-electron chi connectivity index (χ2n) is 4.10. The number of carbonyl (C=O) groups is 1. The normalized spacial score (nSPS) is 23.7. The zero-order valence-corrected chi connectivity index (χ0v) is 11.0. The maximum absolute atomic E-state index is 11.7. The van der Waals surface area contributed by atoms with E-state index in [9.17, 15) is 4.79 Å². The molecule has 0 spiro atoms. The van der Waals surface area contributed by atoms with Crippen molar-refractivity contribution < 1.29 is 14.8 Å². The van der Waals surface area contributed by atoms with E-state index in [1.54, 1.807) is 18.2 Å². The third-order valence-electron chi connectivity index (χ3n) is 3.17. The van der Waals surface area contributed by atoms with Gasteiger partial charge in [0.2, 0.25) is 0 Å². The highest BCUT2D eigenvalue weighted by molar-refractivity contribution is 6.36. The minimum absolute atomic E-state index is 0.0383. The van der Waals surface area contributed by atoms with Gasteiger partial charge >= 0.3 is 5.97 Å². The van der Waals surface area contributed by atoms with Gasteiger partial charge in [-0.05, 0) is 12.1 Å². The van der Waals surface area contributed by atoms with Gasteiger partial charge in [-0.3, -0.25) is 4.79 Å². The van der Waals surface area contributed by atoms with Crippen molar-refractivity contribution >= 4 is 29.2 Å². The summed E-state index contributed by atoms with van der Waals surface area (Å²) in [6.45, 7) is 0.881. The van der Waals surface area contributed by atoms with Crippen LogP contribution in [-0.4, -0.2) is 19.6 Å². The summed E-state index contributed by atoms with van der Waals surface area (Å²) >= 11 is 12.3. The van der Waals surface area contributed by atoms with Crippen molar-refractivity contribution in [2.45, 2.75) is 12.5 Å². The van der Waals surface area contributed by atoms with Gasteiger partial charge in [0.1, 0.15) is 12.0 Å². The van der Waals surface area contributed by atoms with Crippen molar-refractivity contribution in [2.75, 3.05) is 13.7 Å². The van der Waals surface area contributed by atoms with Crippen molar-refractivity contribution in [1.82, 2.24) is 0 Å². The monoisotopic (exact) mass is 274 g/mol. The van der Waals surface area contributed by atoms with Crippen molar-refractivity contribution in [2.24, 2.45) is 5.92 Å². The molecule has 2 N–H and O–H groups in total. The highest BCUT2D eigenvalue weighted by atomic mass is 35.5. The van der Waals surface area contributed by atoms with Gasteiger partial charge in [-0.2, -0.15) is 0 Å². The highest BCUT2D eigenvalue weighted by Gasteiger charge is 2.40. The fourth-order valence-electron chi connectivity index (χ4n) is 2.36. The molecule has 1 aliphatic rings. The summed E-state index contributed by atoms with van der Waals surface area (Å²) in [5.41, 5.74) is 0.837. The van der Waals surface area contributed by atoms with E-state index in [-0.39, 0.29) is 17.9 Å². The fourth-order valence-corrected chi connectivity index (χ4v) is 3.01. The SMILES string of the molecule is COC(=O)[C@H]1CC[NH2+][C@H]1c1c(Cl)cccc1Cl. The Balaban J connectivity index is 2.36. The summed E-state index contributed by atoms with van der Waals surface area (Å²) < 4.78 is 4.82. The molecule has 2 rings (SSSR count). The lowest BCUT2D eigenvalue weighted by molar-refractivity contribution is -0.678. The summed E-state index contributed by atoms with van der Waals surface area (Å²) in [6.07, 6.45) is 0.791. The van der Waals surface area contributed by atoms with Crippen LogP contribution in [0.2, 0.25) is 10.0 Å². The van der Waals surface area contributed by atoms with Crippen LogP contribution >= 0.6 is 23.2 Å². The number of carbonyl (C=O) groups excluding carboxylic acids is 1. The van der Waals surface area contributed by atoms with E-state index in [1.807, 2.05) is 0 Å². The van der Waals surface area contributed by atoms with Crippen molar-refractivity contribution in [3.8, 4) is 0 Å². The van der Waals surface area contributed by atoms with E-state index >= 15 is 0 Å². The molecule has 0 bridgehead atoms. The Morgan fingerprint density at radius 2 is 2.06 bits per heavy atom. The molecular formula is C12H14Cl2NO2+. The molecular weight excluding hydrogens is 261 g/mol. The Bertz CT molecular complexity index is 416. The summed E-state index contributed by atoms with van der Waals surface area (Å²) in [5.74, 6) is -0.364. The van der Waals surface area contributed by atoms with Crippen molar-refractivity contribution in [3.63, 3.8) is 0 Å². The average Bonchev–Trinajstić information content (AvgIpc) is 2.77. The molecule has 0 radical (unpaired) electrons. The van der Waals surface area contributed by atoms with Crippen LogP contribution in [0.5, 0.6) is 0 Å². The number of esters is 1. The third kappa shape index (κ3) is 2.41. The van der Waals surface area contributed by atoms with Gasteiger partial charge in [0.05, 0.1) is 23.7 Å². The minimum atomic E-state index is -0.195. The number of quaternary nitrogens is 1. The second-order valence-corrected chi connectivity index (χ2v) is 4.92. The van der Waals surface area contributed by atoms with E-state index in [0.717, 1.165) is 18.5 Å². The van der Waals surface area contributed by atoms with Crippen LogP contribution in [0.3, 0.4) is 0 Å². The molecule has 92 valence electrons. The van der Waals surface area contributed by atoms with E-state index in [0.29, 0.717) is 10.0 Å². The molecule has 1 fully saturated rings. The first-order chi connectivity index (χ1) is 8.15. The van der Waals surface area contributed by atoms with Gasteiger partial charge in [0.25, 0.3) is 0 Å². The Kier molecular flexibility index (Phi) is 3.92. The Morgan fingerprint density at radius 1 is 1.41 bits per heavy atom. The molecule has 1 aromatic carbocycles. The van der Waals surface area contributed by atoms with Crippen LogP contribution in [0, 0.1) is 5.92 Å². The molecule has 0 aromatic heterocycles. The van der Waals surface area contributed by atoms with Crippen molar-refractivity contribution in [3.05, 3.63) is 33.8 Å². The highest BCUT2D eigenvalue weighted by Crippen LogP contribution is 2.35. The second kappa shape index (κ2) is 5.25. The summed E-state index contributed by atoms with van der Waals surface area (Å²) in [5, 5.41) is 3.30.